The van der Waals surface area contributed by atoms with Crippen molar-refractivity contribution < 1.29 is 14.3 Å². The van der Waals surface area contributed by atoms with Gasteiger partial charge in [-0.3, -0.25) is 9.59 Å². The molecule has 1 saturated carbocycles. The summed E-state index contributed by atoms with van der Waals surface area (Å²) in [6.07, 6.45) is 2.24. The van der Waals surface area contributed by atoms with E-state index >= 15 is 0 Å². The fourth-order valence-electron chi connectivity index (χ4n) is 3.47. The number of anilines is 2. The molecule has 1 aliphatic heterocycles. The number of nitrogens with one attached hydrogen (secondary N) is 2. The van der Waals surface area contributed by atoms with Gasteiger partial charge in [0.25, 0.3) is 5.91 Å². The van der Waals surface area contributed by atoms with Gasteiger partial charge < -0.3 is 15.4 Å². The van der Waals surface area contributed by atoms with Crippen LogP contribution >= 0.6 is 0 Å². The van der Waals surface area contributed by atoms with E-state index < -0.39 is 11.5 Å². The number of hydrogen-bond acceptors (Lipinski definition) is 3. The number of benzene rings is 2. The van der Waals surface area contributed by atoms with Crippen LogP contribution in [0.4, 0.5) is 11.4 Å². The van der Waals surface area contributed by atoms with Gasteiger partial charge in [-0.15, -0.1) is 0 Å². The summed E-state index contributed by atoms with van der Waals surface area (Å²) in [6, 6.07) is 15.2. The van der Waals surface area contributed by atoms with Crippen LogP contribution in [0.1, 0.15) is 31.7 Å². The maximum absolute atomic E-state index is 13.0. The number of carbonyl (C=O) groups excluding carboxylic acids is 2. The zero-order valence-corrected chi connectivity index (χ0v) is 14.0. The van der Waals surface area contributed by atoms with Crippen LogP contribution in [0.5, 0.6) is 5.75 Å². The SMILES string of the molecule is C[C@H]1Oc2ccc(NC(=O)C3(c4ccccc4)CCC3)cc2NC1=O. The molecule has 1 fully saturated rings. The van der Waals surface area contributed by atoms with E-state index in [0.717, 1.165) is 24.8 Å². The first kappa shape index (κ1) is 15.7. The Morgan fingerprint density at radius 1 is 1.20 bits per heavy atom. The fourth-order valence-corrected chi connectivity index (χ4v) is 3.47. The molecular formula is C20H20N2O3. The van der Waals surface area contributed by atoms with Crippen molar-refractivity contribution in [3.63, 3.8) is 0 Å². The van der Waals surface area contributed by atoms with Crippen molar-refractivity contribution in [3.8, 4) is 5.75 Å². The number of hydrogen-bond donors (Lipinski definition) is 2. The fraction of sp³-hybridized carbons (Fsp3) is 0.300. The third kappa shape index (κ3) is 2.65. The van der Waals surface area contributed by atoms with Gasteiger partial charge in [0, 0.05) is 5.69 Å². The normalized spacial score (nSPS) is 20.5. The van der Waals surface area contributed by atoms with Gasteiger partial charge >= 0.3 is 0 Å². The van der Waals surface area contributed by atoms with Crippen molar-refractivity contribution in [1.29, 1.82) is 0 Å². The second-order valence-electron chi connectivity index (χ2n) is 6.72. The zero-order chi connectivity index (χ0) is 17.4. The van der Waals surface area contributed by atoms with Gasteiger partial charge in [-0.25, -0.2) is 0 Å². The predicted octanol–water partition coefficient (Wildman–Crippen LogP) is 3.47. The Hall–Kier alpha value is -2.82. The van der Waals surface area contributed by atoms with Crippen molar-refractivity contribution in [2.24, 2.45) is 0 Å². The minimum absolute atomic E-state index is 0.00122. The number of rotatable bonds is 3. The molecule has 2 N–H and O–H groups in total. The molecule has 128 valence electrons. The topological polar surface area (TPSA) is 67.4 Å². The van der Waals surface area contributed by atoms with E-state index in [1.807, 2.05) is 30.3 Å². The molecule has 4 rings (SSSR count). The van der Waals surface area contributed by atoms with Crippen LogP contribution in [0.3, 0.4) is 0 Å². The molecule has 2 aromatic rings. The summed E-state index contributed by atoms with van der Waals surface area (Å²) in [5.41, 5.74) is 1.85. The minimum atomic E-state index is -0.510. The highest BCUT2D eigenvalue weighted by molar-refractivity contribution is 6.02. The molecule has 0 spiro atoms. The van der Waals surface area contributed by atoms with Crippen LogP contribution in [0, 0.1) is 0 Å². The number of ether oxygens (including phenoxy) is 1. The summed E-state index contributed by atoms with van der Waals surface area (Å²) in [4.78, 5) is 24.7. The predicted molar refractivity (Wildman–Crippen MR) is 95.8 cm³/mol. The quantitative estimate of drug-likeness (QED) is 0.902. The molecule has 25 heavy (non-hydrogen) atoms. The van der Waals surface area contributed by atoms with Crippen molar-refractivity contribution in [2.45, 2.75) is 37.7 Å². The first-order valence-corrected chi connectivity index (χ1v) is 8.57. The molecule has 2 aromatic carbocycles. The summed E-state index contributed by atoms with van der Waals surface area (Å²) in [5, 5.41) is 5.82. The van der Waals surface area contributed by atoms with Crippen LogP contribution < -0.4 is 15.4 Å². The molecule has 2 aliphatic rings. The lowest BCUT2D eigenvalue weighted by atomic mass is 9.64. The monoisotopic (exact) mass is 336 g/mol. The molecule has 5 nitrogen and oxygen atoms in total. The molecule has 0 bridgehead atoms. The number of amides is 2. The lowest BCUT2D eigenvalue weighted by Crippen LogP contribution is -2.46. The highest BCUT2D eigenvalue weighted by atomic mass is 16.5. The van der Waals surface area contributed by atoms with Gasteiger partial charge in [-0.05, 0) is 43.5 Å². The smallest absolute Gasteiger partial charge is 0.265 e. The van der Waals surface area contributed by atoms with E-state index in [1.165, 1.54) is 0 Å². The molecule has 0 unspecified atom stereocenters. The van der Waals surface area contributed by atoms with E-state index in [9.17, 15) is 9.59 Å². The van der Waals surface area contributed by atoms with Gasteiger partial charge in [0.15, 0.2) is 6.10 Å². The van der Waals surface area contributed by atoms with Gasteiger partial charge in [0.05, 0.1) is 11.1 Å². The van der Waals surface area contributed by atoms with Crippen LogP contribution in [0.2, 0.25) is 0 Å². The first-order chi connectivity index (χ1) is 12.1. The average Bonchev–Trinajstić information content (AvgIpc) is 2.56. The Bertz CT molecular complexity index is 828. The summed E-state index contributed by atoms with van der Waals surface area (Å²) in [7, 11) is 0. The third-order valence-electron chi connectivity index (χ3n) is 5.14. The van der Waals surface area contributed by atoms with E-state index in [2.05, 4.69) is 10.6 Å². The molecule has 0 radical (unpaired) electrons. The Morgan fingerprint density at radius 2 is 1.96 bits per heavy atom. The zero-order valence-electron chi connectivity index (χ0n) is 14.0. The molecule has 1 heterocycles. The summed E-state index contributed by atoms with van der Waals surface area (Å²) in [6.45, 7) is 1.70. The largest absolute Gasteiger partial charge is 0.479 e. The number of fused-ring (bicyclic) bond motifs is 1. The third-order valence-corrected chi connectivity index (χ3v) is 5.14. The highest BCUT2D eigenvalue weighted by Gasteiger charge is 2.45. The lowest BCUT2D eigenvalue weighted by Gasteiger charge is -2.40. The van der Waals surface area contributed by atoms with E-state index in [0.29, 0.717) is 17.1 Å². The first-order valence-electron chi connectivity index (χ1n) is 8.57. The molecular weight excluding hydrogens is 316 g/mol. The van der Waals surface area contributed by atoms with Crippen molar-refractivity contribution in [3.05, 3.63) is 54.1 Å². The second-order valence-corrected chi connectivity index (χ2v) is 6.72. The Kier molecular flexibility index (Phi) is 3.71. The molecule has 5 heteroatoms. The number of carbonyl (C=O) groups is 2. The van der Waals surface area contributed by atoms with Crippen LogP contribution in [0.15, 0.2) is 48.5 Å². The molecule has 2 amide bonds. The van der Waals surface area contributed by atoms with Crippen LogP contribution in [0.25, 0.3) is 0 Å². The molecule has 1 aliphatic carbocycles. The second kappa shape index (κ2) is 5.92. The van der Waals surface area contributed by atoms with E-state index in [-0.39, 0.29) is 11.8 Å². The van der Waals surface area contributed by atoms with Crippen LogP contribution in [-0.2, 0) is 15.0 Å². The molecule has 1 atom stereocenters. The Morgan fingerprint density at radius 3 is 2.64 bits per heavy atom. The van der Waals surface area contributed by atoms with Crippen molar-refractivity contribution >= 4 is 23.2 Å². The van der Waals surface area contributed by atoms with Crippen molar-refractivity contribution in [1.82, 2.24) is 0 Å². The average molecular weight is 336 g/mol. The Balaban J connectivity index is 1.57. The Labute approximate surface area is 146 Å². The van der Waals surface area contributed by atoms with E-state index in [1.54, 1.807) is 25.1 Å². The molecule has 0 aromatic heterocycles. The summed E-state index contributed by atoms with van der Waals surface area (Å²) in [5.74, 6) is 0.434. The summed E-state index contributed by atoms with van der Waals surface area (Å²) >= 11 is 0. The standard InChI is InChI=1S/C20H20N2O3/c1-13-18(23)22-16-12-15(8-9-17(16)25-13)21-19(24)20(10-5-11-20)14-6-3-2-4-7-14/h2-4,6-9,12-13H,5,10-11H2,1H3,(H,21,24)(H,22,23)/t13-/m1/s1. The maximum Gasteiger partial charge on any atom is 0.265 e. The minimum Gasteiger partial charge on any atom is -0.479 e. The maximum atomic E-state index is 13.0. The van der Waals surface area contributed by atoms with E-state index in [4.69, 9.17) is 4.74 Å². The summed E-state index contributed by atoms with van der Waals surface area (Å²) < 4.78 is 5.55. The highest BCUT2D eigenvalue weighted by Crippen LogP contribution is 2.44. The van der Waals surface area contributed by atoms with Crippen LogP contribution in [-0.4, -0.2) is 17.9 Å². The van der Waals surface area contributed by atoms with Gasteiger partial charge in [-0.2, -0.15) is 0 Å². The van der Waals surface area contributed by atoms with Gasteiger partial charge in [-0.1, -0.05) is 36.8 Å². The lowest BCUT2D eigenvalue weighted by molar-refractivity contribution is -0.124. The van der Waals surface area contributed by atoms with Gasteiger partial charge in [0.1, 0.15) is 5.75 Å². The molecule has 0 saturated heterocycles. The van der Waals surface area contributed by atoms with Gasteiger partial charge in [0.2, 0.25) is 5.91 Å². The van der Waals surface area contributed by atoms with Crippen molar-refractivity contribution in [2.75, 3.05) is 10.6 Å².